The van der Waals surface area contributed by atoms with E-state index in [9.17, 15) is 0 Å². The molecule has 2 saturated carbocycles. The van der Waals surface area contributed by atoms with Gasteiger partial charge in [-0.05, 0) is 55.1 Å². The average molecular weight is 273 g/mol. The topological polar surface area (TPSA) is 21.3 Å². The Hall–Kier alpha value is -1.02. The summed E-state index contributed by atoms with van der Waals surface area (Å²) in [5.41, 5.74) is 2.03. The molecule has 1 aromatic rings. The van der Waals surface area contributed by atoms with Gasteiger partial charge in [-0.1, -0.05) is 31.5 Å². The average Bonchev–Trinajstić information content (AvgIpc) is 2.40. The van der Waals surface area contributed by atoms with Crippen LogP contribution in [0.3, 0.4) is 0 Å². The van der Waals surface area contributed by atoms with Gasteiger partial charge in [-0.3, -0.25) is 0 Å². The third-order valence-electron chi connectivity index (χ3n) is 5.65. The minimum absolute atomic E-state index is 0.634. The van der Waals surface area contributed by atoms with Crippen molar-refractivity contribution < 1.29 is 4.74 Å². The molecule has 1 aromatic carbocycles. The first-order valence-electron chi connectivity index (χ1n) is 8.12. The fourth-order valence-corrected chi connectivity index (χ4v) is 3.74. The van der Waals surface area contributed by atoms with Gasteiger partial charge < -0.3 is 10.1 Å². The Morgan fingerprint density at radius 2 is 2.00 bits per heavy atom. The maximum absolute atomic E-state index is 5.48. The van der Waals surface area contributed by atoms with E-state index in [0.29, 0.717) is 17.4 Å². The van der Waals surface area contributed by atoms with E-state index in [4.69, 9.17) is 4.74 Å². The summed E-state index contributed by atoms with van der Waals surface area (Å²) >= 11 is 0. The smallest absolute Gasteiger partial charge is 0.122 e. The summed E-state index contributed by atoms with van der Waals surface area (Å²) in [4.78, 5) is 0. The fraction of sp³-hybridized carbons (Fsp3) is 0.667. The molecule has 3 rings (SSSR count). The standard InChI is InChI=1S/C18H27NO/c1-3-18(9-6-10-18)13-19-15-11-14(12-15)16-7-4-5-8-17(16)20-2/h4-5,7-8,14-15,19H,3,6,9-13H2,1-2H3. The molecule has 0 bridgehead atoms. The molecule has 1 N–H and O–H groups in total. The van der Waals surface area contributed by atoms with Gasteiger partial charge in [0.15, 0.2) is 0 Å². The molecular formula is C18H27NO. The molecular weight excluding hydrogens is 246 g/mol. The molecule has 2 aliphatic carbocycles. The zero-order valence-electron chi connectivity index (χ0n) is 12.8. The molecule has 0 radical (unpaired) electrons. The van der Waals surface area contributed by atoms with Crippen LogP contribution in [0, 0.1) is 5.41 Å². The summed E-state index contributed by atoms with van der Waals surface area (Å²) in [5, 5.41) is 3.81. The van der Waals surface area contributed by atoms with Gasteiger partial charge in [0.2, 0.25) is 0 Å². The summed E-state index contributed by atoms with van der Waals surface area (Å²) in [5.74, 6) is 1.74. The number of nitrogens with one attached hydrogen (secondary N) is 1. The zero-order chi connectivity index (χ0) is 14.0. The van der Waals surface area contributed by atoms with Crippen molar-refractivity contribution in [2.75, 3.05) is 13.7 Å². The monoisotopic (exact) mass is 273 g/mol. The second-order valence-corrected chi connectivity index (χ2v) is 6.70. The van der Waals surface area contributed by atoms with Crippen LogP contribution in [0.25, 0.3) is 0 Å². The minimum atomic E-state index is 0.634. The van der Waals surface area contributed by atoms with Crippen molar-refractivity contribution in [3.05, 3.63) is 29.8 Å². The molecule has 2 aliphatic rings. The van der Waals surface area contributed by atoms with Crippen LogP contribution in [0.4, 0.5) is 0 Å². The van der Waals surface area contributed by atoms with E-state index in [1.807, 2.05) is 0 Å². The van der Waals surface area contributed by atoms with E-state index in [1.54, 1.807) is 7.11 Å². The first-order valence-corrected chi connectivity index (χ1v) is 8.12. The van der Waals surface area contributed by atoms with E-state index in [-0.39, 0.29) is 0 Å². The number of ether oxygens (including phenoxy) is 1. The van der Waals surface area contributed by atoms with Gasteiger partial charge >= 0.3 is 0 Å². The van der Waals surface area contributed by atoms with Crippen molar-refractivity contribution in [3.63, 3.8) is 0 Å². The van der Waals surface area contributed by atoms with Crippen LogP contribution < -0.4 is 10.1 Å². The summed E-state index contributed by atoms with van der Waals surface area (Å²) in [6.45, 7) is 3.58. The Labute approximate surface area is 122 Å². The second-order valence-electron chi connectivity index (χ2n) is 6.70. The van der Waals surface area contributed by atoms with Crippen LogP contribution in [-0.2, 0) is 0 Å². The Morgan fingerprint density at radius 3 is 2.60 bits per heavy atom. The molecule has 2 fully saturated rings. The first-order chi connectivity index (χ1) is 9.76. The highest BCUT2D eigenvalue weighted by molar-refractivity contribution is 5.37. The Bertz CT molecular complexity index is 441. The molecule has 110 valence electrons. The normalized spacial score (nSPS) is 27.5. The third-order valence-corrected chi connectivity index (χ3v) is 5.65. The summed E-state index contributed by atoms with van der Waals surface area (Å²) < 4.78 is 5.48. The first kappa shape index (κ1) is 13.9. The van der Waals surface area contributed by atoms with Crippen molar-refractivity contribution in [3.8, 4) is 5.75 Å². The van der Waals surface area contributed by atoms with E-state index >= 15 is 0 Å². The number of hydrogen-bond donors (Lipinski definition) is 1. The van der Waals surface area contributed by atoms with E-state index in [0.717, 1.165) is 5.75 Å². The molecule has 0 spiro atoms. The van der Waals surface area contributed by atoms with Gasteiger partial charge in [-0.15, -0.1) is 0 Å². The number of rotatable bonds is 6. The van der Waals surface area contributed by atoms with Crippen molar-refractivity contribution in [2.24, 2.45) is 5.41 Å². The summed E-state index contributed by atoms with van der Waals surface area (Å²) in [6, 6.07) is 9.20. The zero-order valence-corrected chi connectivity index (χ0v) is 12.8. The Morgan fingerprint density at radius 1 is 1.25 bits per heavy atom. The molecule has 0 saturated heterocycles. The largest absolute Gasteiger partial charge is 0.496 e. The molecule has 0 aromatic heterocycles. The molecule has 0 amide bonds. The summed E-state index contributed by atoms with van der Waals surface area (Å²) in [6.07, 6.45) is 8.16. The minimum Gasteiger partial charge on any atom is -0.496 e. The van der Waals surface area contributed by atoms with Crippen LogP contribution in [0.5, 0.6) is 5.75 Å². The van der Waals surface area contributed by atoms with Crippen molar-refractivity contribution in [1.82, 2.24) is 5.32 Å². The van der Waals surface area contributed by atoms with Crippen LogP contribution in [0.1, 0.15) is 56.9 Å². The molecule has 0 heterocycles. The second kappa shape index (κ2) is 5.77. The SMILES string of the molecule is CCC1(CNC2CC(c3ccccc3OC)C2)CCC1. The predicted molar refractivity (Wildman–Crippen MR) is 83.3 cm³/mol. The van der Waals surface area contributed by atoms with E-state index in [1.165, 1.54) is 50.6 Å². The van der Waals surface area contributed by atoms with Gasteiger partial charge in [0.1, 0.15) is 5.75 Å². The van der Waals surface area contributed by atoms with Crippen molar-refractivity contribution >= 4 is 0 Å². The van der Waals surface area contributed by atoms with Gasteiger partial charge in [-0.25, -0.2) is 0 Å². The number of benzene rings is 1. The molecule has 0 unspecified atom stereocenters. The predicted octanol–water partition coefficient (Wildman–Crippen LogP) is 4.11. The lowest BCUT2D eigenvalue weighted by molar-refractivity contribution is 0.109. The van der Waals surface area contributed by atoms with Crippen LogP contribution >= 0.6 is 0 Å². The molecule has 0 aliphatic heterocycles. The molecule has 0 atom stereocenters. The lowest BCUT2D eigenvalue weighted by Gasteiger charge is -2.45. The van der Waals surface area contributed by atoms with Gasteiger partial charge in [0, 0.05) is 12.6 Å². The van der Waals surface area contributed by atoms with Gasteiger partial charge in [0.25, 0.3) is 0 Å². The lowest BCUT2D eigenvalue weighted by Crippen LogP contribution is -2.47. The van der Waals surface area contributed by atoms with E-state index in [2.05, 4.69) is 36.5 Å². The quantitative estimate of drug-likeness (QED) is 0.842. The van der Waals surface area contributed by atoms with Crippen LogP contribution in [-0.4, -0.2) is 19.7 Å². The van der Waals surface area contributed by atoms with Crippen LogP contribution in [0.2, 0.25) is 0 Å². The highest BCUT2D eigenvalue weighted by Gasteiger charge is 2.37. The highest BCUT2D eigenvalue weighted by Crippen LogP contribution is 2.45. The van der Waals surface area contributed by atoms with Crippen LogP contribution in [0.15, 0.2) is 24.3 Å². The Balaban J connectivity index is 1.49. The van der Waals surface area contributed by atoms with Crippen molar-refractivity contribution in [2.45, 2.75) is 57.4 Å². The molecule has 2 heteroatoms. The molecule has 20 heavy (non-hydrogen) atoms. The molecule has 2 nitrogen and oxygen atoms in total. The van der Waals surface area contributed by atoms with Gasteiger partial charge in [0.05, 0.1) is 7.11 Å². The van der Waals surface area contributed by atoms with E-state index < -0.39 is 0 Å². The highest BCUT2D eigenvalue weighted by atomic mass is 16.5. The number of para-hydroxylation sites is 1. The number of hydrogen-bond acceptors (Lipinski definition) is 2. The fourth-order valence-electron chi connectivity index (χ4n) is 3.74. The lowest BCUT2D eigenvalue weighted by atomic mass is 9.66. The Kier molecular flexibility index (Phi) is 4.02. The maximum Gasteiger partial charge on any atom is 0.122 e. The third kappa shape index (κ3) is 2.58. The summed E-state index contributed by atoms with van der Waals surface area (Å²) in [7, 11) is 1.77. The maximum atomic E-state index is 5.48. The van der Waals surface area contributed by atoms with Crippen molar-refractivity contribution in [1.29, 1.82) is 0 Å². The number of methoxy groups -OCH3 is 1. The van der Waals surface area contributed by atoms with Gasteiger partial charge in [-0.2, -0.15) is 0 Å².